The molecule has 7 heteroatoms. The van der Waals surface area contributed by atoms with E-state index in [0.29, 0.717) is 29.4 Å². The van der Waals surface area contributed by atoms with Crippen LogP contribution in [0.2, 0.25) is 0 Å². The molecule has 3 rings (SSSR count). The Balaban J connectivity index is 1.65. The van der Waals surface area contributed by atoms with Gasteiger partial charge >= 0.3 is 0 Å². The average molecular weight is 387 g/mol. The van der Waals surface area contributed by atoms with Gasteiger partial charge in [0, 0.05) is 17.9 Å². The Bertz CT molecular complexity index is 1040. The fourth-order valence-electron chi connectivity index (χ4n) is 2.81. The Hall–Kier alpha value is -3.92. The minimum atomic E-state index is -0.340. The monoisotopic (exact) mass is 387 g/mol. The highest BCUT2D eigenvalue weighted by Gasteiger charge is 2.11. The number of hydrogen-bond acceptors (Lipinski definition) is 6. The molecular formula is C22H21N5O2. The molecule has 0 bridgehead atoms. The van der Waals surface area contributed by atoms with E-state index >= 15 is 0 Å². The van der Waals surface area contributed by atoms with Crippen LogP contribution in [0.25, 0.3) is 0 Å². The topological polar surface area (TPSA) is 99.9 Å². The van der Waals surface area contributed by atoms with E-state index in [0.717, 1.165) is 17.7 Å². The number of nitrogens with one attached hydrogen (secondary N) is 2. The molecule has 0 unspecified atom stereocenters. The maximum absolute atomic E-state index is 12.5. The molecule has 2 N–H and O–H groups in total. The average Bonchev–Trinajstić information content (AvgIpc) is 2.74. The van der Waals surface area contributed by atoms with Crippen LogP contribution in [-0.4, -0.2) is 29.5 Å². The summed E-state index contributed by atoms with van der Waals surface area (Å²) in [6.07, 6.45) is 0.730. The molecule has 3 aromatic rings. The van der Waals surface area contributed by atoms with Crippen LogP contribution < -0.4 is 15.4 Å². The summed E-state index contributed by atoms with van der Waals surface area (Å²) in [5.74, 6) is 0.889. The van der Waals surface area contributed by atoms with E-state index in [1.165, 1.54) is 0 Å². The first-order valence-corrected chi connectivity index (χ1v) is 9.12. The van der Waals surface area contributed by atoms with Gasteiger partial charge in [-0.25, -0.2) is 9.97 Å². The number of hydrogen-bond donors (Lipinski definition) is 2. The number of carbonyl (C=O) groups is 1. The predicted molar refractivity (Wildman–Crippen MR) is 111 cm³/mol. The van der Waals surface area contributed by atoms with Crippen molar-refractivity contribution < 1.29 is 9.53 Å². The number of aromatic nitrogens is 2. The van der Waals surface area contributed by atoms with Gasteiger partial charge in [-0.15, -0.1) is 0 Å². The number of rotatable bonds is 7. The standard InChI is InChI=1S/C22H21N5O2/c1-15-13-19(21(28)26-18-9-7-16(14-23)8-10-18)27-22(25-15)24-12-11-17-5-3-4-6-20(17)29-2/h3-10,13H,11-12H2,1-2H3,(H,26,28)(H,24,25,27). The second kappa shape index (κ2) is 9.33. The molecule has 0 aliphatic rings. The first-order valence-electron chi connectivity index (χ1n) is 9.12. The predicted octanol–water partition coefficient (Wildman–Crippen LogP) is 3.57. The minimum Gasteiger partial charge on any atom is -0.496 e. The van der Waals surface area contributed by atoms with E-state index in [1.54, 1.807) is 37.4 Å². The highest BCUT2D eigenvalue weighted by Crippen LogP contribution is 2.18. The third-order valence-corrected chi connectivity index (χ3v) is 4.23. The van der Waals surface area contributed by atoms with Crippen LogP contribution in [0.15, 0.2) is 54.6 Å². The summed E-state index contributed by atoms with van der Waals surface area (Å²) in [5.41, 5.74) is 3.15. The number of benzene rings is 2. The molecule has 1 aromatic heterocycles. The van der Waals surface area contributed by atoms with Crippen LogP contribution in [0.3, 0.4) is 0 Å². The summed E-state index contributed by atoms with van der Waals surface area (Å²) in [7, 11) is 1.65. The Kier molecular flexibility index (Phi) is 6.38. The van der Waals surface area contributed by atoms with E-state index in [-0.39, 0.29) is 11.6 Å². The molecular weight excluding hydrogens is 366 g/mol. The molecule has 1 amide bonds. The number of carbonyl (C=O) groups excluding carboxylic acids is 1. The molecule has 0 aliphatic carbocycles. The Labute approximate surface area is 169 Å². The summed E-state index contributed by atoms with van der Waals surface area (Å²) in [6.45, 7) is 2.41. The van der Waals surface area contributed by atoms with Gasteiger partial charge in [-0.2, -0.15) is 5.26 Å². The smallest absolute Gasteiger partial charge is 0.274 e. The van der Waals surface area contributed by atoms with Crippen LogP contribution in [0.5, 0.6) is 5.75 Å². The molecule has 0 radical (unpaired) electrons. The molecule has 0 aliphatic heterocycles. The van der Waals surface area contributed by atoms with Crippen molar-refractivity contribution in [2.75, 3.05) is 24.3 Å². The van der Waals surface area contributed by atoms with Gasteiger partial charge in [0.2, 0.25) is 5.95 Å². The van der Waals surface area contributed by atoms with Crippen molar-refractivity contribution in [1.82, 2.24) is 9.97 Å². The Morgan fingerprint density at radius 3 is 2.62 bits per heavy atom. The van der Waals surface area contributed by atoms with Crippen molar-refractivity contribution in [3.8, 4) is 11.8 Å². The van der Waals surface area contributed by atoms with Gasteiger partial charge in [0.1, 0.15) is 11.4 Å². The first-order chi connectivity index (χ1) is 14.1. The number of anilines is 2. The second-order valence-electron chi connectivity index (χ2n) is 6.35. The van der Waals surface area contributed by atoms with Gasteiger partial charge in [0.25, 0.3) is 5.91 Å². The number of para-hydroxylation sites is 1. The van der Waals surface area contributed by atoms with E-state index < -0.39 is 0 Å². The van der Waals surface area contributed by atoms with Gasteiger partial charge in [0.05, 0.1) is 18.7 Å². The van der Waals surface area contributed by atoms with Crippen molar-refractivity contribution in [2.45, 2.75) is 13.3 Å². The minimum absolute atomic E-state index is 0.265. The van der Waals surface area contributed by atoms with E-state index in [2.05, 4.69) is 20.6 Å². The van der Waals surface area contributed by atoms with Crippen LogP contribution in [0, 0.1) is 18.3 Å². The molecule has 146 valence electrons. The number of methoxy groups -OCH3 is 1. The van der Waals surface area contributed by atoms with Gasteiger partial charge in [-0.1, -0.05) is 18.2 Å². The first kappa shape index (κ1) is 19.8. The molecule has 0 saturated carbocycles. The Morgan fingerprint density at radius 1 is 1.14 bits per heavy atom. The summed E-state index contributed by atoms with van der Waals surface area (Å²) in [4.78, 5) is 21.2. The highest BCUT2D eigenvalue weighted by molar-refractivity contribution is 6.03. The van der Waals surface area contributed by atoms with Crippen molar-refractivity contribution in [2.24, 2.45) is 0 Å². The van der Waals surface area contributed by atoms with Crippen LogP contribution >= 0.6 is 0 Å². The van der Waals surface area contributed by atoms with Crippen molar-refractivity contribution >= 4 is 17.5 Å². The fourth-order valence-corrected chi connectivity index (χ4v) is 2.81. The molecule has 0 saturated heterocycles. The largest absolute Gasteiger partial charge is 0.496 e. The van der Waals surface area contributed by atoms with Gasteiger partial charge in [0.15, 0.2) is 0 Å². The third kappa shape index (κ3) is 5.30. The zero-order valence-corrected chi connectivity index (χ0v) is 16.3. The lowest BCUT2D eigenvalue weighted by molar-refractivity contribution is 0.102. The summed E-state index contributed by atoms with van der Waals surface area (Å²) >= 11 is 0. The number of amides is 1. The third-order valence-electron chi connectivity index (χ3n) is 4.23. The zero-order valence-electron chi connectivity index (χ0n) is 16.3. The molecule has 7 nitrogen and oxygen atoms in total. The van der Waals surface area contributed by atoms with E-state index in [4.69, 9.17) is 10.00 Å². The lowest BCUT2D eigenvalue weighted by atomic mass is 10.1. The van der Waals surface area contributed by atoms with Crippen LogP contribution in [-0.2, 0) is 6.42 Å². The van der Waals surface area contributed by atoms with Crippen LogP contribution in [0.4, 0.5) is 11.6 Å². The molecule has 0 atom stereocenters. The molecule has 0 spiro atoms. The van der Waals surface area contributed by atoms with Crippen molar-refractivity contribution in [3.63, 3.8) is 0 Å². The number of ether oxygens (including phenoxy) is 1. The highest BCUT2D eigenvalue weighted by atomic mass is 16.5. The summed E-state index contributed by atoms with van der Waals surface area (Å²) in [5, 5.41) is 14.8. The van der Waals surface area contributed by atoms with Gasteiger partial charge in [-0.05, 0) is 55.3 Å². The van der Waals surface area contributed by atoms with Crippen LogP contribution in [0.1, 0.15) is 27.3 Å². The molecule has 1 heterocycles. The quantitative estimate of drug-likeness (QED) is 0.643. The summed E-state index contributed by atoms with van der Waals surface area (Å²) < 4.78 is 5.36. The lowest BCUT2D eigenvalue weighted by Gasteiger charge is -2.10. The normalized spacial score (nSPS) is 10.1. The summed E-state index contributed by atoms with van der Waals surface area (Å²) in [6, 6.07) is 18.1. The molecule has 0 fully saturated rings. The van der Waals surface area contributed by atoms with Crippen molar-refractivity contribution in [1.29, 1.82) is 5.26 Å². The number of nitriles is 1. The fraction of sp³-hybridized carbons (Fsp3) is 0.182. The number of nitrogens with zero attached hydrogens (tertiary/aromatic N) is 3. The lowest BCUT2D eigenvalue weighted by Crippen LogP contribution is -2.17. The van der Waals surface area contributed by atoms with Crippen molar-refractivity contribution in [3.05, 3.63) is 77.1 Å². The van der Waals surface area contributed by atoms with Gasteiger partial charge < -0.3 is 15.4 Å². The van der Waals surface area contributed by atoms with Gasteiger partial charge in [-0.3, -0.25) is 4.79 Å². The second-order valence-corrected chi connectivity index (χ2v) is 6.35. The number of aryl methyl sites for hydroxylation is 1. The van der Waals surface area contributed by atoms with E-state index in [9.17, 15) is 4.79 Å². The Morgan fingerprint density at radius 2 is 1.90 bits per heavy atom. The maximum atomic E-state index is 12.5. The molecule has 2 aromatic carbocycles. The SMILES string of the molecule is COc1ccccc1CCNc1nc(C)cc(C(=O)Nc2ccc(C#N)cc2)n1. The van der Waals surface area contributed by atoms with E-state index in [1.807, 2.05) is 37.3 Å². The zero-order chi connectivity index (χ0) is 20.6. The maximum Gasteiger partial charge on any atom is 0.274 e. The molecule has 29 heavy (non-hydrogen) atoms.